The van der Waals surface area contributed by atoms with Gasteiger partial charge in [-0.2, -0.15) is 0 Å². The first-order valence-corrected chi connectivity index (χ1v) is 14.2. The molecule has 198 valence electrons. The zero-order valence-electron chi connectivity index (χ0n) is 21.6. The Balaban J connectivity index is 2.45. The van der Waals surface area contributed by atoms with E-state index in [2.05, 4.69) is 5.32 Å². The van der Waals surface area contributed by atoms with E-state index in [1.165, 1.54) is 4.90 Å². The molecule has 0 radical (unpaired) electrons. The molecule has 10 heteroatoms. The van der Waals surface area contributed by atoms with Gasteiger partial charge in [-0.1, -0.05) is 44.0 Å². The lowest BCUT2D eigenvalue weighted by atomic mass is 10.1. The van der Waals surface area contributed by atoms with Crippen molar-refractivity contribution in [3.05, 3.63) is 58.6 Å². The molecule has 1 atom stereocenters. The van der Waals surface area contributed by atoms with Crippen molar-refractivity contribution < 1.29 is 22.7 Å². The number of aryl methyl sites for hydroxylation is 1. The second-order valence-electron chi connectivity index (χ2n) is 8.64. The lowest BCUT2D eigenvalue weighted by molar-refractivity contribution is -0.140. The van der Waals surface area contributed by atoms with Crippen LogP contribution in [0.4, 0.5) is 5.69 Å². The summed E-state index contributed by atoms with van der Waals surface area (Å²) in [5, 5.41) is 3.37. The fraction of sp³-hybridized carbons (Fsp3) is 0.462. The maximum absolute atomic E-state index is 13.7. The number of anilines is 1. The first kappa shape index (κ1) is 29.5. The third-order valence-corrected chi connectivity index (χ3v) is 7.17. The van der Waals surface area contributed by atoms with Gasteiger partial charge in [-0.25, -0.2) is 8.42 Å². The molecule has 0 bridgehead atoms. The number of unbranched alkanes of at least 4 members (excludes halogenated alkanes) is 1. The minimum absolute atomic E-state index is 0.118. The van der Waals surface area contributed by atoms with Crippen molar-refractivity contribution in [2.45, 2.75) is 52.6 Å². The van der Waals surface area contributed by atoms with Gasteiger partial charge in [0.05, 0.1) is 19.1 Å². The van der Waals surface area contributed by atoms with Crippen LogP contribution in [0.3, 0.4) is 0 Å². The number of ether oxygens (including phenoxy) is 1. The Kier molecular flexibility index (Phi) is 11.0. The van der Waals surface area contributed by atoms with E-state index in [9.17, 15) is 18.0 Å². The number of benzene rings is 2. The second-order valence-corrected chi connectivity index (χ2v) is 11.0. The summed E-state index contributed by atoms with van der Waals surface area (Å²) >= 11 is 6.06. The van der Waals surface area contributed by atoms with Gasteiger partial charge >= 0.3 is 0 Å². The standard InChI is InChI=1S/C26H36ClN3O5S/c1-6-8-14-28-26(32)23(7-2)29(17-20-10-9-11-22(16-20)35-4)25(31)18-30(36(5,33)34)24-13-12-21(27)15-19(24)3/h9-13,15-16,23H,6-8,14,17-18H2,1-5H3,(H,28,32). The fourth-order valence-electron chi connectivity index (χ4n) is 3.89. The molecule has 2 rings (SSSR count). The third kappa shape index (κ3) is 8.13. The highest BCUT2D eigenvalue weighted by Gasteiger charge is 2.32. The molecule has 0 aliphatic rings. The van der Waals surface area contributed by atoms with Gasteiger partial charge in [0, 0.05) is 18.1 Å². The number of sulfonamides is 1. The lowest BCUT2D eigenvalue weighted by Crippen LogP contribution is -2.52. The maximum atomic E-state index is 13.7. The lowest BCUT2D eigenvalue weighted by Gasteiger charge is -2.33. The van der Waals surface area contributed by atoms with Gasteiger partial charge in [-0.05, 0) is 61.2 Å². The number of nitrogens with zero attached hydrogens (tertiary/aromatic N) is 2. The summed E-state index contributed by atoms with van der Waals surface area (Å²) in [4.78, 5) is 28.2. The van der Waals surface area contributed by atoms with Crippen molar-refractivity contribution in [3.8, 4) is 5.75 Å². The Morgan fingerprint density at radius 3 is 2.44 bits per heavy atom. The SMILES string of the molecule is CCCCNC(=O)C(CC)N(Cc1cccc(OC)c1)C(=O)CN(c1ccc(Cl)cc1C)S(C)(=O)=O. The summed E-state index contributed by atoms with van der Waals surface area (Å²) in [6.45, 7) is 5.76. The number of hydrogen-bond acceptors (Lipinski definition) is 5. The van der Waals surface area contributed by atoms with Gasteiger partial charge in [0.1, 0.15) is 18.3 Å². The Bertz CT molecular complexity index is 1160. The van der Waals surface area contributed by atoms with E-state index in [4.69, 9.17) is 16.3 Å². The zero-order valence-corrected chi connectivity index (χ0v) is 23.2. The smallest absolute Gasteiger partial charge is 0.244 e. The minimum atomic E-state index is -3.81. The van der Waals surface area contributed by atoms with Crippen LogP contribution in [0.1, 0.15) is 44.2 Å². The normalized spacial score (nSPS) is 12.1. The van der Waals surface area contributed by atoms with E-state index in [1.807, 2.05) is 19.9 Å². The zero-order chi connectivity index (χ0) is 26.9. The number of hydrogen-bond donors (Lipinski definition) is 1. The molecule has 0 saturated carbocycles. The molecular formula is C26H36ClN3O5S. The third-order valence-electron chi connectivity index (χ3n) is 5.81. The summed E-state index contributed by atoms with van der Waals surface area (Å²) in [6, 6.07) is 11.3. The molecule has 1 N–H and O–H groups in total. The quantitative estimate of drug-likeness (QED) is 0.387. The number of carbonyl (C=O) groups excluding carboxylic acids is 2. The number of rotatable bonds is 13. The Morgan fingerprint density at radius 1 is 1.14 bits per heavy atom. The van der Waals surface area contributed by atoms with Crippen LogP contribution in [0.5, 0.6) is 5.75 Å². The summed E-state index contributed by atoms with van der Waals surface area (Å²) in [7, 11) is -2.26. The van der Waals surface area contributed by atoms with E-state index >= 15 is 0 Å². The van der Waals surface area contributed by atoms with Gasteiger partial charge in [-0.3, -0.25) is 13.9 Å². The number of amides is 2. The van der Waals surface area contributed by atoms with Crippen LogP contribution in [-0.4, -0.2) is 57.6 Å². The van der Waals surface area contributed by atoms with Gasteiger partial charge < -0.3 is 15.0 Å². The molecule has 2 aromatic carbocycles. The predicted molar refractivity (Wildman–Crippen MR) is 144 cm³/mol. The highest BCUT2D eigenvalue weighted by atomic mass is 35.5. The number of halogens is 1. The van der Waals surface area contributed by atoms with Crippen molar-refractivity contribution in [1.29, 1.82) is 0 Å². The molecule has 0 aliphatic carbocycles. The highest BCUT2D eigenvalue weighted by molar-refractivity contribution is 7.92. The number of methoxy groups -OCH3 is 1. The molecule has 0 heterocycles. The van der Waals surface area contributed by atoms with Gasteiger partial charge in [-0.15, -0.1) is 0 Å². The summed E-state index contributed by atoms with van der Waals surface area (Å²) in [5.41, 5.74) is 1.73. The van der Waals surface area contributed by atoms with E-state index in [0.29, 0.717) is 35.0 Å². The summed E-state index contributed by atoms with van der Waals surface area (Å²) in [5.74, 6) is -0.138. The van der Waals surface area contributed by atoms with E-state index in [1.54, 1.807) is 50.4 Å². The maximum Gasteiger partial charge on any atom is 0.244 e. The Hall–Kier alpha value is -2.78. The van der Waals surface area contributed by atoms with Gasteiger partial charge in [0.25, 0.3) is 0 Å². The average molecular weight is 538 g/mol. The number of carbonyl (C=O) groups is 2. The molecule has 0 saturated heterocycles. The van der Waals surface area contributed by atoms with Crippen molar-refractivity contribution in [1.82, 2.24) is 10.2 Å². The molecule has 2 amide bonds. The van der Waals surface area contributed by atoms with Crippen LogP contribution < -0.4 is 14.4 Å². The summed E-state index contributed by atoms with van der Waals surface area (Å²) < 4.78 is 31.8. The molecule has 1 unspecified atom stereocenters. The average Bonchev–Trinajstić information content (AvgIpc) is 2.82. The second kappa shape index (κ2) is 13.5. The van der Waals surface area contributed by atoms with Crippen molar-refractivity contribution in [2.75, 3.05) is 30.8 Å². The molecule has 0 aromatic heterocycles. The summed E-state index contributed by atoms with van der Waals surface area (Å²) in [6.07, 6.45) is 3.17. The Morgan fingerprint density at radius 2 is 1.86 bits per heavy atom. The Labute approximate surface area is 219 Å². The van der Waals surface area contributed by atoms with Crippen LogP contribution in [-0.2, 0) is 26.2 Å². The van der Waals surface area contributed by atoms with Crippen LogP contribution in [0.2, 0.25) is 5.02 Å². The van der Waals surface area contributed by atoms with E-state index < -0.39 is 28.5 Å². The molecule has 0 spiro atoms. The first-order valence-electron chi connectivity index (χ1n) is 12.0. The predicted octanol–water partition coefficient (Wildman–Crippen LogP) is 4.15. The molecule has 2 aromatic rings. The first-order chi connectivity index (χ1) is 17.0. The molecular weight excluding hydrogens is 502 g/mol. The van der Waals surface area contributed by atoms with Crippen LogP contribution >= 0.6 is 11.6 Å². The van der Waals surface area contributed by atoms with Gasteiger partial charge in [0.15, 0.2) is 0 Å². The van der Waals surface area contributed by atoms with Crippen LogP contribution in [0.15, 0.2) is 42.5 Å². The molecule has 36 heavy (non-hydrogen) atoms. The molecule has 0 fully saturated rings. The van der Waals surface area contributed by atoms with E-state index in [0.717, 1.165) is 29.0 Å². The molecule has 0 aliphatic heterocycles. The van der Waals surface area contributed by atoms with Crippen molar-refractivity contribution in [2.24, 2.45) is 0 Å². The van der Waals surface area contributed by atoms with Gasteiger partial charge in [0.2, 0.25) is 21.8 Å². The van der Waals surface area contributed by atoms with Crippen LogP contribution in [0.25, 0.3) is 0 Å². The van der Waals surface area contributed by atoms with Crippen molar-refractivity contribution >= 4 is 39.1 Å². The topological polar surface area (TPSA) is 96.0 Å². The van der Waals surface area contributed by atoms with E-state index in [-0.39, 0.29) is 12.5 Å². The minimum Gasteiger partial charge on any atom is -0.497 e. The number of nitrogens with one attached hydrogen (secondary N) is 1. The molecule has 8 nitrogen and oxygen atoms in total. The largest absolute Gasteiger partial charge is 0.497 e. The monoisotopic (exact) mass is 537 g/mol. The van der Waals surface area contributed by atoms with Crippen LogP contribution in [0, 0.1) is 6.92 Å². The fourth-order valence-corrected chi connectivity index (χ4v) is 5.02. The van der Waals surface area contributed by atoms with Crippen molar-refractivity contribution in [3.63, 3.8) is 0 Å². The highest BCUT2D eigenvalue weighted by Crippen LogP contribution is 2.26.